The van der Waals surface area contributed by atoms with Gasteiger partial charge in [-0.3, -0.25) is 4.79 Å². The van der Waals surface area contributed by atoms with Crippen LogP contribution in [0.1, 0.15) is 36.2 Å². The number of nitrogens with one attached hydrogen (secondary N) is 2. The fourth-order valence-electron chi connectivity index (χ4n) is 3.16. The summed E-state index contributed by atoms with van der Waals surface area (Å²) in [5.41, 5.74) is 4.19. The molecule has 0 bridgehead atoms. The number of amides is 1. The van der Waals surface area contributed by atoms with E-state index in [0.29, 0.717) is 19.0 Å². The van der Waals surface area contributed by atoms with Gasteiger partial charge in [0.2, 0.25) is 5.91 Å². The third-order valence-electron chi connectivity index (χ3n) is 4.30. The summed E-state index contributed by atoms with van der Waals surface area (Å²) in [6.07, 6.45) is 2.82. The molecule has 0 spiro atoms. The third kappa shape index (κ3) is 4.36. The summed E-state index contributed by atoms with van der Waals surface area (Å²) in [4.78, 5) is 12.1. The molecule has 1 fully saturated rings. The van der Waals surface area contributed by atoms with Crippen molar-refractivity contribution in [2.24, 2.45) is 0 Å². The Kier molecular flexibility index (Phi) is 6.40. The van der Waals surface area contributed by atoms with E-state index in [9.17, 15) is 4.79 Å². The van der Waals surface area contributed by atoms with Gasteiger partial charge in [0.05, 0.1) is 11.4 Å². The van der Waals surface area contributed by atoms with Crippen LogP contribution in [0.15, 0.2) is 30.3 Å². The zero-order chi connectivity index (χ0) is 16.2. The lowest BCUT2D eigenvalue weighted by Gasteiger charge is -2.13. The highest BCUT2D eigenvalue weighted by atomic mass is 35.5. The van der Waals surface area contributed by atoms with E-state index < -0.39 is 0 Å². The molecular formula is C18H25ClN4O. The highest BCUT2D eigenvalue weighted by molar-refractivity contribution is 5.85. The molecule has 1 saturated heterocycles. The molecule has 1 aromatic carbocycles. The molecule has 0 saturated carbocycles. The predicted molar refractivity (Wildman–Crippen MR) is 97.8 cm³/mol. The van der Waals surface area contributed by atoms with Gasteiger partial charge in [0.15, 0.2) is 0 Å². The number of nitrogens with zero attached hydrogens (tertiary/aromatic N) is 2. The lowest BCUT2D eigenvalue weighted by molar-refractivity contribution is -0.121. The molecule has 0 radical (unpaired) electrons. The summed E-state index contributed by atoms with van der Waals surface area (Å²) in [6, 6.07) is 10.5. The number of para-hydroxylation sites is 1. The Hall–Kier alpha value is -1.85. The van der Waals surface area contributed by atoms with E-state index in [-0.39, 0.29) is 18.3 Å². The van der Waals surface area contributed by atoms with Gasteiger partial charge in [0.1, 0.15) is 0 Å². The van der Waals surface area contributed by atoms with Crippen LogP contribution in [0, 0.1) is 13.8 Å². The van der Waals surface area contributed by atoms with E-state index >= 15 is 0 Å². The first kappa shape index (κ1) is 18.5. The van der Waals surface area contributed by atoms with Crippen LogP contribution in [0.2, 0.25) is 0 Å². The number of halogens is 1. The van der Waals surface area contributed by atoms with Crippen molar-refractivity contribution >= 4 is 18.3 Å². The van der Waals surface area contributed by atoms with Crippen molar-refractivity contribution in [1.29, 1.82) is 0 Å². The summed E-state index contributed by atoms with van der Waals surface area (Å²) in [6.45, 7) is 5.59. The molecule has 24 heavy (non-hydrogen) atoms. The van der Waals surface area contributed by atoms with Crippen molar-refractivity contribution in [2.45, 2.75) is 45.7 Å². The van der Waals surface area contributed by atoms with E-state index in [1.165, 1.54) is 6.42 Å². The number of hydrogen-bond acceptors (Lipinski definition) is 3. The van der Waals surface area contributed by atoms with Crippen LogP contribution in [-0.4, -0.2) is 28.3 Å². The van der Waals surface area contributed by atoms with Crippen molar-refractivity contribution in [2.75, 3.05) is 6.54 Å². The second-order valence-corrected chi connectivity index (χ2v) is 6.24. The maximum absolute atomic E-state index is 12.1. The molecule has 130 valence electrons. The Bertz CT molecular complexity index is 692. The highest BCUT2D eigenvalue weighted by Gasteiger charge is 2.17. The third-order valence-corrected chi connectivity index (χ3v) is 4.30. The number of aryl methyl sites for hydroxylation is 2. The number of hydrogen-bond donors (Lipinski definition) is 2. The number of carbonyl (C=O) groups excluding carboxylic acids is 1. The van der Waals surface area contributed by atoms with Crippen LogP contribution in [0.4, 0.5) is 0 Å². The number of rotatable bonds is 5. The van der Waals surface area contributed by atoms with Gasteiger partial charge in [-0.2, -0.15) is 5.10 Å². The van der Waals surface area contributed by atoms with Crippen molar-refractivity contribution < 1.29 is 4.79 Å². The van der Waals surface area contributed by atoms with Crippen LogP contribution >= 0.6 is 12.4 Å². The van der Waals surface area contributed by atoms with Gasteiger partial charge in [0, 0.05) is 24.7 Å². The molecular weight excluding hydrogens is 324 g/mol. The molecule has 2 N–H and O–H groups in total. The lowest BCUT2D eigenvalue weighted by Crippen LogP contribution is -2.31. The Morgan fingerprint density at radius 1 is 1.38 bits per heavy atom. The molecule has 1 unspecified atom stereocenters. The highest BCUT2D eigenvalue weighted by Crippen LogP contribution is 2.17. The predicted octanol–water partition coefficient (Wildman–Crippen LogP) is 2.67. The van der Waals surface area contributed by atoms with E-state index in [1.807, 2.05) is 42.8 Å². The Morgan fingerprint density at radius 2 is 2.17 bits per heavy atom. The van der Waals surface area contributed by atoms with E-state index in [1.54, 1.807) is 0 Å². The average molecular weight is 349 g/mol. The first-order valence-corrected chi connectivity index (χ1v) is 8.25. The van der Waals surface area contributed by atoms with Crippen molar-refractivity contribution in [1.82, 2.24) is 20.4 Å². The Balaban J connectivity index is 0.00000208. The summed E-state index contributed by atoms with van der Waals surface area (Å²) >= 11 is 0. The fourth-order valence-corrected chi connectivity index (χ4v) is 3.16. The quantitative estimate of drug-likeness (QED) is 0.873. The van der Waals surface area contributed by atoms with Crippen LogP contribution in [0.5, 0.6) is 0 Å². The molecule has 1 aliphatic rings. The van der Waals surface area contributed by atoms with E-state index in [2.05, 4.69) is 21.8 Å². The zero-order valence-corrected chi connectivity index (χ0v) is 15.0. The summed E-state index contributed by atoms with van der Waals surface area (Å²) in [5.74, 6) is 0.104. The number of benzene rings is 1. The van der Waals surface area contributed by atoms with Gasteiger partial charge in [-0.25, -0.2) is 4.68 Å². The first-order chi connectivity index (χ1) is 11.1. The van der Waals surface area contributed by atoms with Crippen LogP contribution in [-0.2, 0) is 11.3 Å². The van der Waals surface area contributed by atoms with Gasteiger partial charge in [-0.15, -0.1) is 12.4 Å². The summed E-state index contributed by atoms with van der Waals surface area (Å²) < 4.78 is 1.94. The molecule has 5 nitrogen and oxygen atoms in total. The molecule has 3 rings (SSSR count). The van der Waals surface area contributed by atoms with Crippen molar-refractivity contribution in [3.63, 3.8) is 0 Å². The topological polar surface area (TPSA) is 59.0 Å². The summed E-state index contributed by atoms with van der Waals surface area (Å²) in [7, 11) is 0. The molecule has 0 aliphatic carbocycles. The smallest absolute Gasteiger partial charge is 0.221 e. The van der Waals surface area contributed by atoms with Gasteiger partial charge < -0.3 is 10.6 Å². The SMILES string of the molecule is Cc1cc(C)n(-c2ccccc2CNC(=O)CC2CCCN2)n1.Cl. The van der Waals surface area contributed by atoms with Crippen LogP contribution < -0.4 is 10.6 Å². The normalized spacial score (nSPS) is 16.7. The minimum atomic E-state index is 0. The first-order valence-electron chi connectivity index (χ1n) is 8.25. The minimum absolute atomic E-state index is 0. The van der Waals surface area contributed by atoms with E-state index in [0.717, 1.165) is 35.6 Å². The standard InChI is InChI=1S/C18H24N4O.ClH/c1-13-10-14(2)22(21-13)17-8-4-3-6-15(17)12-20-18(23)11-16-7-5-9-19-16;/h3-4,6,8,10,16,19H,5,7,9,11-12H2,1-2H3,(H,20,23);1H. The molecule has 2 heterocycles. The van der Waals surface area contributed by atoms with Crippen molar-refractivity contribution in [3.05, 3.63) is 47.3 Å². The van der Waals surface area contributed by atoms with Crippen molar-refractivity contribution in [3.8, 4) is 5.69 Å². The molecule has 2 aromatic rings. The second kappa shape index (κ2) is 8.31. The minimum Gasteiger partial charge on any atom is -0.352 e. The average Bonchev–Trinajstić information content (AvgIpc) is 3.15. The molecule has 1 amide bonds. The van der Waals surface area contributed by atoms with E-state index in [4.69, 9.17) is 0 Å². The van der Waals surface area contributed by atoms with Crippen LogP contribution in [0.25, 0.3) is 5.69 Å². The number of aromatic nitrogens is 2. The molecule has 1 aromatic heterocycles. The fraction of sp³-hybridized carbons (Fsp3) is 0.444. The largest absolute Gasteiger partial charge is 0.352 e. The van der Waals surface area contributed by atoms with Gasteiger partial charge in [0.25, 0.3) is 0 Å². The molecule has 6 heteroatoms. The van der Waals surface area contributed by atoms with Gasteiger partial charge >= 0.3 is 0 Å². The van der Waals surface area contributed by atoms with Gasteiger partial charge in [-0.1, -0.05) is 18.2 Å². The Morgan fingerprint density at radius 3 is 2.83 bits per heavy atom. The molecule has 1 atom stereocenters. The summed E-state index contributed by atoms with van der Waals surface area (Å²) in [5, 5.41) is 10.9. The van der Waals surface area contributed by atoms with Crippen LogP contribution in [0.3, 0.4) is 0 Å². The maximum atomic E-state index is 12.1. The maximum Gasteiger partial charge on any atom is 0.221 e. The van der Waals surface area contributed by atoms with Gasteiger partial charge in [-0.05, 0) is 50.9 Å². The Labute approximate surface area is 149 Å². The molecule has 1 aliphatic heterocycles. The lowest BCUT2D eigenvalue weighted by atomic mass is 10.1. The zero-order valence-electron chi connectivity index (χ0n) is 14.2. The second-order valence-electron chi connectivity index (χ2n) is 6.24. The monoisotopic (exact) mass is 348 g/mol. The number of carbonyl (C=O) groups is 1.